The number of hydrogen-bond donors (Lipinski definition) is 1. The van der Waals surface area contributed by atoms with Crippen LogP contribution >= 0.6 is 11.6 Å². The van der Waals surface area contributed by atoms with Crippen LogP contribution in [0.1, 0.15) is 0 Å². The van der Waals surface area contributed by atoms with E-state index in [9.17, 15) is 8.42 Å². The molecule has 0 saturated carbocycles. The molecule has 0 fully saturated rings. The molecule has 0 amide bonds. The predicted molar refractivity (Wildman–Crippen MR) is 84.4 cm³/mol. The average Bonchev–Trinajstić information content (AvgIpc) is 2.46. The number of nitrogen functional groups attached to an aromatic ring is 1. The maximum atomic E-state index is 12.7. The van der Waals surface area contributed by atoms with Gasteiger partial charge < -0.3 is 10.5 Å². The number of sulfonamides is 1. The topological polar surface area (TPSA) is 72.6 Å². The molecule has 2 aromatic rings. The Morgan fingerprint density at radius 2 is 1.86 bits per heavy atom. The van der Waals surface area contributed by atoms with E-state index in [2.05, 4.69) is 0 Å². The molecule has 0 heterocycles. The highest BCUT2D eigenvalue weighted by Gasteiger charge is 2.25. The molecule has 112 valence electrons. The van der Waals surface area contributed by atoms with Crippen LogP contribution in [0.5, 0.6) is 5.75 Å². The Labute approximate surface area is 128 Å². The molecule has 0 bridgehead atoms. The molecule has 21 heavy (non-hydrogen) atoms. The maximum Gasteiger partial charge on any atom is 0.266 e. The number of nitrogens with two attached hydrogens (primary N) is 1. The van der Waals surface area contributed by atoms with E-state index in [1.54, 1.807) is 24.3 Å². The molecule has 0 unspecified atom stereocenters. The van der Waals surface area contributed by atoms with E-state index >= 15 is 0 Å². The monoisotopic (exact) mass is 326 g/mol. The van der Waals surface area contributed by atoms with Crippen LogP contribution in [-0.4, -0.2) is 22.6 Å². The number of rotatable bonds is 4. The van der Waals surface area contributed by atoms with Crippen LogP contribution in [0.15, 0.2) is 47.4 Å². The second-order valence-corrected chi connectivity index (χ2v) is 6.70. The number of ether oxygens (including phenoxy) is 1. The normalized spacial score (nSPS) is 11.2. The van der Waals surface area contributed by atoms with E-state index < -0.39 is 10.0 Å². The summed E-state index contributed by atoms with van der Waals surface area (Å²) in [6, 6.07) is 11.1. The van der Waals surface area contributed by atoms with Gasteiger partial charge in [-0.25, -0.2) is 8.42 Å². The van der Waals surface area contributed by atoms with Crippen molar-refractivity contribution in [2.75, 3.05) is 24.2 Å². The van der Waals surface area contributed by atoms with Gasteiger partial charge in [0.1, 0.15) is 10.6 Å². The van der Waals surface area contributed by atoms with E-state index in [0.717, 1.165) is 4.31 Å². The van der Waals surface area contributed by atoms with Crippen molar-refractivity contribution in [3.63, 3.8) is 0 Å². The number of methoxy groups -OCH3 is 1. The lowest BCUT2D eigenvalue weighted by molar-refractivity contribution is 0.416. The van der Waals surface area contributed by atoms with Gasteiger partial charge in [0.05, 0.1) is 18.5 Å². The molecule has 0 atom stereocenters. The molecule has 0 spiro atoms. The van der Waals surface area contributed by atoms with Crippen molar-refractivity contribution in [1.82, 2.24) is 0 Å². The Bertz CT molecular complexity index is 763. The Kier molecular flexibility index (Phi) is 4.29. The third kappa shape index (κ3) is 2.91. The van der Waals surface area contributed by atoms with Crippen molar-refractivity contribution in [2.24, 2.45) is 0 Å². The van der Waals surface area contributed by atoms with E-state index in [4.69, 9.17) is 22.1 Å². The van der Waals surface area contributed by atoms with Crippen molar-refractivity contribution < 1.29 is 13.2 Å². The fourth-order valence-electron chi connectivity index (χ4n) is 1.92. The van der Waals surface area contributed by atoms with Gasteiger partial charge in [0.2, 0.25) is 0 Å². The molecule has 0 aliphatic rings. The third-order valence-corrected chi connectivity index (χ3v) is 5.12. The molecule has 0 radical (unpaired) electrons. The molecule has 5 nitrogen and oxygen atoms in total. The third-order valence-electron chi connectivity index (χ3n) is 3.03. The summed E-state index contributed by atoms with van der Waals surface area (Å²) < 4.78 is 31.7. The quantitative estimate of drug-likeness (QED) is 0.877. The highest BCUT2D eigenvalue weighted by atomic mass is 35.5. The Morgan fingerprint density at radius 1 is 1.19 bits per heavy atom. The molecule has 2 aromatic carbocycles. The van der Waals surface area contributed by atoms with Gasteiger partial charge in [-0.05, 0) is 30.3 Å². The van der Waals surface area contributed by atoms with Gasteiger partial charge >= 0.3 is 0 Å². The summed E-state index contributed by atoms with van der Waals surface area (Å²) in [6.45, 7) is 0. The minimum Gasteiger partial charge on any atom is -0.495 e. The summed E-state index contributed by atoms with van der Waals surface area (Å²) in [6.07, 6.45) is 0. The first-order valence-corrected chi connectivity index (χ1v) is 7.86. The van der Waals surface area contributed by atoms with Crippen molar-refractivity contribution in [3.8, 4) is 5.75 Å². The predicted octanol–water partition coefficient (Wildman–Crippen LogP) is 2.76. The first kappa shape index (κ1) is 15.5. The minimum atomic E-state index is -3.80. The Balaban J connectivity index is 2.53. The van der Waals surface area contributed by atoms with E-state index in [1.807, 2.05) is 0 Å². The van der Waals surface area contributed by atoms with Gasteiger partial charge in [-0.15, -0.1) is 0 Å². The zero-order valence-corrected chi connectivity index (χ0v) is 13.1. The SMILES string of the molecule is COc1ccccc1N(C)S(=O)(=O)c1ccc(Cl)cc1N. The second kappa shape index (κ2) is 5.83. The highest BCUT2D eigenvalue weighted by Crippen LogP contribution is 2.33. The Hall–Kier alpha value is -1.92. The Morgan fingerprint density at radius 3 is 2.48 bits per heavy atom. The minimum absolute atomic E-state index is 0.000283. The van der Waals surface area contributed by atoms with E-state index in [-0.39, 0.29) is 10.6 Å². The lowest BCUT2D eigenvalue weighted by Gasteiger charge is -2.22. The van der Waals surface area contributed by atoms with Crippen molar-refractivity contribution in [2.45, 2.75) is 4.90 Å². The van der Waals surface area contributed by atoms with E-state index in [1.165, 1.54) is 32.4 Å². The number of halogens is 1. The zero-order valence-electron chi connectivity index (χ0n) is 11.6. The maximum absolute atomic E-state index is 12.7. The number of anilines is 2. The summed E-state index contributed by atoms with van der Waals surface area (Å²) in [5, 5.41) is 0.381. The standard InChI is InChI=1S/C14H15ClN2O3S/c1-17(12-5-3-4-6-13(12)20-2)21(18,19)14-8-7-10(15)9-11(14)16/h3-9H,16H2,1-2H3. The van der Waals surface area contributed by atoms with Crippen LogP contribution < -0.4 is 14.8 Å². The first-order valence-electron chi connectivity index (χ1n) is 6.05. The van der Waals surface area contributed by atoms with Gasteiger partial charge in [-0.1, -0.05) is 23.7 Å². The van der Waals surface area contributed by atoms with Crippen molar-refractivity contribution in [3.05, 3.63) is 47.5 Å². The fourth-order valence-corrected chi connectivity index (χ4v) is 3.40. The molecular formula is C14H15ClN2O3S. The molecule has 0 saturated heterocycles. The molecule has 0 aliphatic heterocycles. The van der Waals surface area contributed by atoms with Gasteiger partial charge in [0, 0.05) is 12.1 Å². The number of para-hydroxylation sites is 2. The van der Waals surface area contributed by atoms with Crippen LogP contribution in [0, 0.1) is 0 Å². The van der Waals surface area contributed by atoms with Crippen LogP contribution in [0.2, 0.25) is 5.02 Å². The molecule has 7 heteroatoms. The zero-order chi connectivity index (χ0) is 15.6. The fraction of sp³-hybridized carbons (Fsp3) is 0.143. The van der Waals surface area contributed by atoms with Crippen LogP contribution in [0.4, 0.5) is 11.4 Å². The largest absolute Gasteiger partial charge is 0.495 e. The van der Waals surface area contributed by atoms with Gasteiger partial charge in [0.15, 0.2) is 0 Å². The van der Waals surface area contributed by atoms with E-state index in [0.29, 0.717) is 16.5 Å². The average molecular weight is 327 g/mol. The molecule has 2 N–H and O–H groups in total. The second-order valence-electron chi connectivity index (χ2n) is 4.33. The number of hydrogen-bond acceptors (Lipinski definition) is 4. The summed E-state index contributed by atoms with van der Waals surface area (Å²) in [4.78, 5) is 0.000283. The lowest BCUT2D eigenvalue weighted by atomic mass is 10.3. The smallest absolute Gasteiger partial charge is 0.266 e. The highest BCUT2D eigenvalue weighted by molar-refractivity contribution is 7.93. The number of nitrogens with zero attached hydrogens (tertiary/aromatic N) is 1. The van der Waals surface area contributed by atoms with Crippen LogP contribution in [0.3, 0.4) is 0 Å². The number of benzene rings is 2. The van der Waals surface area contributed by atoms with Gasteiger partial charge in [-0.3, -0.25) is 4.31 Å². The molecule has 0 aliphatic carbocycles. The molecule has 2 rings (SSSR count). The summed E-state index contributed by atoms with van der Waals surface area (Å²) in [7, 11) is -0.875. The van der Waals surface area contributed by atoms with Gasteiger partial charge in [0.25, 0.3) is 10.0 Å². The van der Waals surface area contributed by atoms with Crippen molar-refractivity contribution in [1.29, 1.82) is 0 Å². The summed E-state index contributed by atoms with van der Waals surface area (Å²) in [5.74, 6) is 0.455. The summed E-state index contributed by atoms with van der Waals surface area (Å²) >= 11 is 5.80. The lowest BCUT2D eigenvalue weighted by Crippen LogP contribution is -2.27. The molecule has 0 aromatic heterocycles. The van der Waals surface area contributed by atoms with Crippen LogP contribution in [-0.2, 0) is 10.0 Å². The van der Waals surface area contributed by atoms with Gasteiger partial charge in [-0.2, -0.15) is 0 Å². The summed E-state index contributed by atoms with van der Waals surface area (Å²) in [5.41, 5.74) is 6.30. The van der Waals surface area contributed by atoms with Crippen LogP contribution in [0.25, 0.3) is 0 Å². The van der Waals surface area contributed by atoms with Crippen molar-refractivity contribution >= 4 is 33.0 Å². The first-order chi connectivity index (χ1) is 9.87. The molecular weight excluding hydrogens is 312 g/mol.